The summed E-state index contributed by atoms with van der Waals surface area (Å²) in [6, 6.07) is 10.5. The lowest BCUT2D eigenvalue weighted by Gasteiger charge is -2.12. The van der Waals surface area contributed by atoms with Gasteiger partial charge in [-0.05, 0) is 17.7 Å². The van der Waals surface area contributed by atoms with Crippen LogP contribution in [-0.4, -0.2) is 10.8 Å². The average Bonchev–Trinajstić information content (AvgIpc) is 2.49. The molecule has 6 nitrogen and oxygen atoms in total. The molecule has 0 aliphatic carbocycles. The minimum absolute atomic E-state index is 0.0993. The van der Waals surface area contributed by atoms with Crippen LogP contribution in [-0.2, 0) is 4.79 Å². The summed E-state index contributed by atoms with van der Waals surface area (Å²) in [7, 11) is 0. The monoisotopic (exact) mass is 289 g/mol. The van der Waals surface area contributed by atoms with Crippen LogP contribution in [0.1, 0.15) is 11.6 Å². The summed E-state index contributed by atoms with van der Waals surface area (Å²) in [4.78, 5) is 22.1. The third-order valence-electron chi connectivity index (χ3n) is 2.86. The van der Waals surface area contributed by atoms with E-state index in [1.807, 2.05) is 0 Å². The van der Waals surface area contributed by atoms with Crippen molar-refractivity contribution < 1.29 is 14.1 Å². The molecule has 108 valence electrons. The van der Waals surface area contributed by atoms with Crippen LogP contribution in [0.5, 0.6) is 0 Å². The number of nitrogens with zero attached hydrogens (tertiary/aromatic N) is 1. The highest BCUT2D eigenvalue weighted by Gasteiger charge is 2.21. The molecule has 7 heteroatoms. The van der Waals surface area contributed by atoms with Crippen molar-refractivity contribution in [2.45, 2.75) is 6.04 Å². The number of nitro groups is 1. The Labute approximate surface area is 119 Å². The summed E-state index contributed by atoms with van der Waals surface area (Å²) in [5.41, 5.74) is 5.73. The minimum Gasteiger partial charge on any atom is -0.319 e. The van der Waals surface area contributed by atoms with Gasteiger partial charge < -0.3 is 11.1 Å². The standard InChI is InChI=1S/C14H12FN3O3/c15-10-6-7-11(12(8-10)18(20)21)17-14(19)13(16)9-4-2-1-3-5-9/h1-8,13H,16H2,(H,17,19). The van der Waals surface area contributed by atoms with Crippen LogP contribution in [0.15, 0.2) is 48.5 Å². The number of nitrogens with one attached hydrogen (secondary N) is 1. The molecule has 0 fully saturated rings. The second-order valence-electron chi connectivity index (χ2n) is 4.30. The van der Waals surface area contributed by atoms with Crippen molar-refractivity contribution in [1.29, 1.82) is 0 Å². The number of hydrogen-bond acceptors (Lipinski definition) is 4. The molecule has 0 aliphatic heterocycles. The van der Waals surface area contributed by atoms with Gasteiger partial charge >= 0.3 is 0 Å². The van der Waals surface area contributed by atoms with E-state index in [2.05, 4.69) is 5.32 Å². The first kappa shape index (κ1) is 14.6. The van der Waals surface area contributed by atoms with Gasteiger partial charge in [-0.3, -0.25) is 14.9 Å². The Morgan fingerprint density at radius 2 is 1.90 bits per heavy atom. The third kappa shape index (κ3) is 3.40. The van der Waals surface area contributed by atoms with Gasteiger partial charge in [0.2, 0.25) is 5.91 Å². The average molecular weight is 289 g/mol. The van der Waals surface area contributed by atoms with Crippen LogP contribution >= 0.6 is 0 Å². The molecule has 0 bridgehead atoms. The Kier molecular flexibility index (Phi) is 4.24. The van der Waals surface area contributed by atoms with Gasteiger partial charge in [0.15, 0.2) is 0 Å². The zero-order valence-electron chi connectivity index (χ0n) is 10.8. The smallest absolute Gasteiger partial charge is 0.295 e. The first-order valence-electron chi connectivity index (χ1n) is 6.04. The van der Waals surface area contributed by atoms with Gasteiger partial charge in [0, 0.05) is 0 Å². The van der Waals surface area contributed by atoms with Crippen molar-refractivity contribution >= 4 is 17.3 Å². The predicted molar refractivity (Wildman–Crippen MR) is 75.1 cm³/mol. The molecular formula is C14H12FN3O3. The van der Waals surface area contributed by atoms with Gasteiger partial charge in [0.25, 0.3) is 5.69 Å². The van der Waals surface area contributed by atoms with Gasteiger partial charge in [-0.2, -0.15) is 0 Å². The topological polar surface area (TPSA) is 98.3 Å². The van der Waals surface area contributed by atoms with Gasteiger partial charge in [0.05, 0.1) is 11.0 Å². The van der Waals surface area contributed by atoms with E-state index < -0.39 is 28.4 Å². The predicted octanol–water partition coefficient (Wildman–Crippen LogP) is 2.37. The highest BCUT2D eigenvalue weighted by Crippen LogP contribution is 2.26. The van der Waals surface area contributed by atoms with E-state index in [-0.39, 0.29) is 5.69 Å². The van der Waals surface area contributed by atoms with E-state index in [1.165, 1.54) is 0 Å². The molecule has 2 rings (SSSR count). The number of benzene rings is 2. The molecule has 0 aliphatic rings. The highest BCUT2D eigenvalue weighted by atomic mass is 19.1. The molecule has 0 saturated carbocycles. The summed E-state index contributed by atoms with van der Waals surface area (Å²) >= 11 is 0. The summed E-state index contributed by atoms with van der Waals surface area (Å²) in [5.74, 6) is -1.37. The van der Waals surface area contributed by atoms with E-state index in [4.69, 9.17) is 5.73 Å². The van der Waals surface area contributed by atoms with Crippen molar-refractivity contribution in [3.63, 3.8) is 0 Å². The Bertz CT molecular complexity index is 676. The molecule has 1 amide bonds. The van der Waals surface area contributed by atoms with Crippen LogP contribution < -0.4 is 11.1 Å². The number of anilines is 1. The Balaban J connectivity index is 2.22. The lowest BCUT2D eigenvalue weighted by molar-refractivity contribution is -0.384. The van der Waals surface area contributed by atoms with Crippen LogP contribution in [0.25, 0.3) is 0 Å². The normalized spacial score (nSPS) is 11.7. The highest BCUT2D eigenvalue weighted by molar-refractivity contribution is 5.97. The second kappa shape index (κ2) is 6.10. The summed E-state index contributed by atoms with van der Waals surface area (Å²) in [5, 5.41) is 13.2. The first-order valence-corrected chi connectivity index (χ1v) is 6.04. The second-order valence-corrected chi connectivity index (χ2v) is 4.30. The molecule has 0 saturated heterocycles. The number of carbonyl (C=O) groups excluding carboxylic acids is 1. The van der Waals surface area contributed by atoms with Gasteiger partial charge in [-0.1, -0.05) is 30.3 Å². The summed E-state index contributed by atoms with van der Waals surface area (Å²) < 4.78 is 13.0. The molecular weight excluding hydrogens is 277 g/mol. The number of amides is 1. The molecule has 2 aromatic carbocycles. The van der Waals surface area contributed by atoms with Crippen LogP contribution in [0.2, 0.25) is 0 Å². The summed E-state index contributed by atoms with van der Waals surface area (Å²) in [6.45, 7) is 0. The molecule has 2 aromatic rings. The molecule has 3 N–H and O–H groups in total. The van der Waals surface area contributed by atoms with E-state index in [9.17, 15) is 19.3 Å². The van der Waals surface area contributed by atoms with Crippen molar-refractivity contribution in [1.82, 2.24) is 0 Å². The van der Waals surface area contributed by atoms with E-state index >= 15 is 0 Å². The third-order valence-corrected chi connectivity index (χ3v) is 2.86. The van der Waals surface area contributed by atoms with Crippen LogP contribution in [0.4, 0.5) is 15.8 Å². The zero-order chi connectivity index (χ0) is 15.4. The lowest BCUT2D eigenvalue weighted by atomic mass is 10.1. The van der Waals surface area contributed by atoms with Gasteiger partial charge in [-0.15, -0.1) is 0 Å². The molecule has 0 aromatic heterocycles. The molecule has 0 radical (unpaired) electrons. The Hall–Kier alpha value is -2.80. The van der Waals surface area contributed by atoms with Crippen molar-refractivity contribution in [2.24, 2.45) is 5.73 Å². The fourth-order valence-corrected chi connectivity index (χ4v) is 1.78. The SMILES string of the molecule is NC(C(=O)Nc1ccc(F)cc1[N+](=O)[O-])c1ccccc1. The quantitative estimate of drug-likeness (QED) is 0.666. The van der Waals surface area contributed by atoms with Crippen LogP contribution in [0, 0.1) is 15.9 Å². The number of halogens is 1. The van der Waals surface area contributed by atoms with Crippen molar-refractivity contribution in [2.75, 3.05) is 5.32 Å². The fourth-order valence-electron chi connectivity index (χ4n) is 1.78. The maximum atomic E-state index is 13.0. The van der Waals surface area contributed by atoms with E-state index in [1.54, 1.807) is 30.3 Å². The van der Waals surface area contributed by atoms with Gasteiger partial charge in [0.1, 0.15) is 17.5 Å². The summed E-state index contributed by atoms with van der Waals surface area (Å²) in [6.07, 6.45) is 0. The Morgan fingerprint density at radius 3 is 2.52 bits per heavy atom. The number of nitro benzene ring substituents is 1. The lowest BCUT2D eigenvalue weighted by Crippen LogP contribution is -2.28. The largest absolute Gasteiger partial charge is 0.319 e. The molecule has 0 spiro atoms. The molecule has 1 unspecified atom stereocenters. The number of rotatable bonds is 4. The number of carbonyl (C=O) groups is 1. The fraction of sp³-hybridized carbons (Fsp3) is 0.0714. The van der Waals surface area contributed by atoms with E-state index in [0.717, 1.165) is 18.2 Å². The van der Waals surface area contributed by atoms with E-state index in [0.29, 0.717) is 5.56 Å². The molecule has 0 heterocycles. The molecule has 21 heavy (non-hydrogen) atoms. The maximum absolute atomic E-state index is 13.0. The number of nitrogens with two attached hydrogens (primary N) is 1. The Morgan fingerprint density at radius 1 is 1.24 bits per heavy atom. The maximum Gasteiger partial charge on any atom is 0.295 e. The zero-order valence-corrected chi connectivity index (χ0v) is 10.8. The first-order chi connectivity index (χ1) is 9.99. The molecule has 1 atom stereocenters. The van der Waals surface area contributed by atoms with Crippen LogP contribution in [0.3, 0.4) is 0 Å². The van der Waals surface area contributed by atoms with Crippen molar-refractivity contribution in [3.8, 4) is 0 Å². The van der Waals surface area contributed by atoms with Crippen molar-refractivity contribution in [3.05, 3.63) is 70.0 Å². The minimum atomic E-state index is -0.976. The number of hydrogen-bond donors (Lipinski definition) is 2. The van der Waals surface area contributed by atoms with Gasteiger partial charge in [-0.25, -0.2) is 4.39 Å².